The van der Waals surface area contributed by atoms with Gasteiger partial charge in [0.25, 0.3) is 0 Å². The van der Waals surface area contributed by atoms with Crippen LogP contribution in [0.2, 0.25) is 0 Å². The van der Waals surface area contributed by atoms with Gasteiger partial charge in [-0.2, -0.15) is 0 Å². The molecule has 3 nitrogen and oxygen atoms in total. The number of benzene rings is 1. The van der Waals surface area contributed by atoms with Gasteiger partial charge in [-0.1, -0.05) is 32.0 Å². The molecule has 1 aromatic carbocycles. The second kappa shape index (κ2) is 4.55. The summed E-state index contributed by atoms with van der Waals surface area (Å²) >= 11 is 0. The van der Waals surface area contributed by atoms with Crippen LogP contribution in [-0.4, -0.2) is 12.0 Å². The molecule has 0 bridgehead atoms. The van der Waals surface area contributed by atoms with Gasteiger partial charge < -0.3 is 11.1 Å². The lowest BCUT2D eigenvalue weighted by Crippen LogP contribution is -2.24. The summed E-state index contributed by atoms with van der Waals surface area (Å²) in [5, 5.41) is 3.35. The zero-order valence-electron chi connectivity index (χ0n) is 11.9. The van der Waals surface area contributed by atoms with Crippen LogP contribution in [0.15, 0.2) is 23.2 Å². The zero-order valence-corrected chi connectivity index (χ0v) is 11.9. The Morgan fingerprint density at radius 3 is 2.42 bits per heavy atom. The van der Waals surface area contributed by atoms with Crippen molar-refractivity contribution in [3.8, 4) is 0 Å². The Hall–Kier alpha value is -1.51. The summed E-state index contributed by atoms with van der Waals surface area (Å²) in [6, 6.07) is 6.93. The van der Waals surface area contributed by atoms with Crippen molar-refractivity contribution in [2.24, 2.45) is 16.1 Å². The quantitative estimate of drug-likeness (QED) is 0.643. The third-order valence-corrected chi connectivity index (χ3v) is 4.59. The molecule has 1 unspecified atom stereocenters. The Morgan fingerprint density at radius 1 is 1.32 bits per heavy atom. The van der Waals surface area contributed by atoms with Gasteiger partial charge in [-0.3, -0.25) is 0 Å². The first kappa shape index (κ1) is 12.5. The third-order valence-electron chi connectivity index (χ3n) is 4.59. The summed E-state index contributed by atoms with van der Waals surface area (Å²) in [7, 11) is 0. The molecular weight excluding hydrogens is 234 g/mol. The maximum absolute atomic E-state index is 6.08. The minimum absolute atomic E-state index is 0.485. The molecule has 2 aliphatic carbocycles. The highest BCUT2D eigenvalue weighted by atomic mass is 15.1. The van der Waals surface area contributed by atoms with Crippen molar-refractivity contribution in [3.63, 3.8) is 0 Å². The molecule has 0 saturated heterocycles. The Balaban J connectivity index is 1.78. The fourth-order valence-corrected chi connectivity index (χ4v) is 2.94. The van der Waals surface area contributed by atoms with Gasteiger partial charge in [-0.05, 0) is 48.6 Å². The highest BCUT2D eigenvalue weighted by Gasteiger charge is 2.63. The molecule has 0 aliphatic heterocycles. The Labute approximate surface area is 115 Å². The standard InChI is InChI=1S/C16H23N3/c1-3-11-6-5-7-12(4-2)14(11)19-15(17)18-13-10-16(13)8-9-16/h5-7,13H,3-4,8-10H2,1-2H3,(H3,17,18,19). The molecular formula is C16H23N3. The topological polar surface area (TPSA) is 50.4 Å². The van der Waals surface area contributed by atoms with Crippen LogP contribution in [0.5, 0.6) is 0 Å². The molecule has 2 fully saturated rings. The van der Waals surface area contributed by atoms with Crippen molar-refractivity contribution >= 4 is 11.6 Å². The lowest BCUT2D eigenvalue weighted by molar-refractivity contribution is 0.825. The summed E-state index contributed by atoms with van der Waals surface area (Å²) in [5.41, 5.74) is 10.4. The minimum atomic E-state index is 0.485. The highest BCUT2D eigenvalue weighted by Crippen LogP contribution is 2.67. The maximum Gasteiger partial charge on any atom is 0.193 e. The van der Waals surface area contributed by atoms with Crippen LogP contribution >= 0.6 is 0 Å². The molecule has 0 amide bonds. The van der Waals surface area contributed by atoms with E-state index in [1.165, 1.54) is 36.1 Å². The second-order valence-corrected chi connectivity index (χ2v) is 5.88. The Kier molecular flexibility index (Phi) is 3.00. The van der Waals surface area contributed by atoms with E-state index in [2.05, 4.69) is 42.4 Å². The van der Waals surface area contributed by atoms with E-state index in [4.69, 9.17) is 5.73 Å². The number of anilines is 1. The minimum Gasteiger partial charge on any atom is -0.370 e. The number of nitrogens with two attached hydrogens (primary N) is 1. The summed E-state index contributed by atoms with van der Waals surface area (Å²) < 4.78 is 0. The normalized spacial score (nSPS) is 23.5. The van der Waals surface area contributed by atoms with Gasteiger partial charge in [-0.25, -0.2) is 4.99 Å². The van der Waals surface area contributed by atoms with Crippen molar-refractivity contribution in [2.75, 3.05) is 5.32 Å². The first-order chi connectivity index (χ1) is 9.18. The van der Waals surface area contributed by atoms with Crippen molar-refractivity contribution in [1.82, 2.24) is 0 Å². The van der Waals surface area contributed by atoms with E-state index in [1.54, 1.807) is 0 Å². The summed E-state index contributed by atoms with van der Waals surface area (Å²) in [6.45, 7) is 4.35. The SMILES string of the molecule is CCc1cccc(CC)c1NC(N)=NC1CC12CC2. The van der Waals surface area contributed by atoms with Gasteiger partial charge in [0, 0.05) is 5.69 Å². The Bertz CT molecular complexity index is 492. The smallest absolute Gasteiger partial charge is 0.193 e. The summed E-state index contributed by atoms with van der Waals surface area (Å²) in [4.78, 5) is 4.63. The summed E-state index contributed by atoms with van der Waals surface area (Å²) in [6.07, 6.45) is 5.96. The van der Waals surface area contributed by atoms with Crippen LogP contribution in [0.4, 0.5) is 5.69 Å². The number of aliphatic imine (C=N–C) groups is 1. The molecule has 3 N–H and O–H groups in total. The number of nitrogens with one attached hydrogen (secondary N) is 1. The van der Waals surface area contributed by atoms with Crippen molar-refractivity contribution in [2.45, 2.75) is 52.0 Å². The first-order valence-corrected chi connectivity index (χ1v) is 7.39. The predicted molar refractivity (Wildman–Crippen MR) is 80.5 cm³/mol. The number of rotatable bonds is 4. The molecule has 19 heavy (non-hydrogen) atoms. The maximum atomic E-state index is 6.08. The van der Waals surface area contributed by atoms with Crippen LogP contribution in [0.3, 0.4) is 0 Å². The average molecular weight is 257 g/mol. The van der Waals surface area contributed by atoms with Gasteiger partial charge in [0.2, 0.25) is 0 Å². The van der Waals surface area contributed by atoms with Crippen molar-refractivity contribution in [3.05, 3.63) is 29.3 Å². The highest BCUT2D eigenvalue weighted by molar-refractivity contribution is 5.94. The molecule has 1 aromatic rings. The van der Waals surface area contributed by atoms with E-state index < -0.39 is 0 Å². The molecule has 3 rings (SSSR count). The first-order valence-electron chi connectivity index (χ1n) is 7.39. The fraction of sp³-hybridized carbons (Fsp3) is 0.562. The van der Waals surface area contributed by atoms with Gasteiger partial charge in [-0.15, -0.1) is 0 Å². The van der Waals surface area contributed by atoms with Gasteiger partial charge in [0.1, 0.15) is 0 Å². The number of guanidine groups is 1. The van der Waals surface area contributed by atoms with Crippen LogP contribution in [0, 0.1) is 5.41 Å². The van der Waals surface area contributed by atoms with Crippen LogP contribution in [0.25, 0.3) is 0 Å². The third kappa shape index (κ3) is 2.34. The number of hydrogen-bond acceptors (Lipinski definition) is 1. The second-order valence-electron chi connectivity index (χ2n) is 5.88. The lowest BCUT2D eigenvalue weighted by atomic mass is 10.0. The summed E-state index contributed by atoms with van der Waals surface area (Å²) in [5.74, 6) is 0.587. The molecule has 0 heterocycles. The van der Waals surface area contributed by atoms with E-state index in [0.717, 1.165) is 12.8 Å². The van der Waals surface area contributed by atoms with E-state index in [1.807, 2.05) is 0 Å². The Morgan fingerprint density at radius 2 is 1.95 bits per heavy atom. The molecule has 0 radical (unpaired) electrons. The molecule has 0 aromatic heterocycles. The van der Waals surface area contributed by atoms with Crippen LogP contribution in [-0.2, 0) is 12.8 Å². The zero-order chi connectivity index (χ0) is 13.5. The van der Waals surface area contributed by atoms with E-state index >= 15 is 0 Å². The largest absolute Gasteiger partial charge is 0.370 e. The molecule has 2 aliphatic rings. The van der Waals surface area contributed by atoms with Crippen LogP contribution < -0.4 is 11.1 Å². The van der Waals surface area contributed by atoms with E-state index in [9.17, 15) is 0 Å². The predicted octanol–water partition coefficient (Wildman–Crippen LogP) is 3.09. The molecule has 2 saturated carbocycles. The lowest BCUT2D eigenvalue weighted by Gasteiger charge is -2.14. The monoisotopic (exact) mass is 257 g/mol. The number of aryl methyl sites for hydroxylation is 2. The number of hydrogen-bond donors (Lipinski definition) is 2. The molecule has 1 spiro atoms. The number of para-hydroxylation sites is 1. The van der Waals surface area contributed by atoms with Crippen molar-refractivity contribution < 1.29 is 0 Å². The molecule has 3 heteroatoms. The number of nitrogens with zero attached hydrogens (tertiary/aromatic N) is 1. The molecule has 102 valence electrons. The van der Waals surface area contributed by atoms with Gasteiger partial charge in [0.05, 0.1) is 6.04 Å². The van der Waals surface area contributed by atoms with Gasteiger partial charge in [0.15, 0.2) is 5.96 Å². The van der Waals surface area contributed by atoms with E-state index in [0.29, 0.717) is 17.4 Å². The fourth-order valence-electron chi connectivity index (χ4n) is 2.94. The van der Waals surface area contributed by atoms with E-state index in [-0.39, 0.29) is 0 Å². The van der Waals surface area contributed by atoms with Gasteiger partial charge >= 0.3 is 0 Å². The van der Waals surface area contributed by atoms with Crippen molar-refractivity contribution in [1.29, 1.82) is 0 Å². The average Bonchev–Trinajstić information content (AvgIpc) is 3.31. The van der Waals surface area contributed by atoms with Crippen LogP contribution in [0.1, 0.15) is 44.2 Å². The molecule has 1 atom stereocenters.